The predicted octanol–water partition coefficient (Wildman–Crippen LogP) is 6.62. The van der Waals surface area contributed by atoms with Gasteiger partial charge in [-0.25, -0.2) is 9.69 Å². The van der Waals surface area contributed by atoms with Crippen LogP contribution in [0, 0.1) is 5.92 Å². The Morgan fingerprint density at radius 3 is 2.05 bits per heavy atom. The number of rotatable bonds is 24. The lowest BCUT2D eigenvalue weighted by Crippen LogP contribution is -2.53. The summed E-state index contributed by atoms with van der Waals surface area (Å²) in [5, 5.41) is 30.0. The van der Waals surface area contributed by atoms with Crippen molar-refractivity contribution in [2.24, 2.45) is 10.9 Å². The number of aliphatic imine (C=N–C) groups is 1. The molecule has 0 aliphatic carbocycles. The number of nitrogens with zero attached hydrogens (tertiary/aromatic N) is 5. The molecular formula is C59H72N8O14. The zero-order chi connectivity index (χ0) is 58.1. The molecule has 81 heavy (non-hydrogen) atoms. The van der Waals surface area contributed by atoms with Crippen LogP contribution in [0.2, 0.25) is 0 Å². The highest BCUT2D eigenvalue weighted by Gasteiger charge is 2.45. The average Bonchev–Trinajstić information content (AvgIpc) is 4.19. The monoisotopic (exact) mass is 1120 g/mol. The number of hydrogen-bond acceptors (Lipinski definition) is 15. The van der Waals surface area contributed by atoms with Gasteiger partial charge in [-0.3, -0.25) is 33.8 Å². The van der Waals surface area contributed by atoms with Gasteiger partial charge in [-0.2, -0.15) is 0 Å². The molecule has 3 aromatic rings. The normalized spacial score (nSPS) is 19.6. The SMILES string of the molecule is COc1cc2c(cc1OCCCCCOc1cc3c(cc1OC)C(=O)N1C=C(C)C[C@H]1[C@H](O)N3C(=O)OCc1ccc(NC(=O)[C@H](C)NC(=O)[C@@H](NC(=O)CCCCCN3C(=O)C=CC3O)C(C)C)cc1)N=C[C@@H]1CC(C)=CN1C2=O. The summed E-state index contributed by atoms with van der Waals surface area (Å²) in [6.45, 7) is 9.62. The van der Waals surface area contributed by atoms with E-state index in [1.54, 1.807) is 67.6 Å². The van der Waals surface area contributed by atoms with Gasteiger partial charge in [-0.05, 0) is 108 Å². The molecule has 0 bridgehead atoms. The first-order chi connectivity index (χ1) is 38.8. The van der Waals surface area contributed by atoms with Crippen LogP contribution in [0.1, 0.15) is 119 Å². The Bertz CT molecular complexity index is 3010. The maximum atomic E-state index is 14.2. The number of aliphatic hydroxyl groups is 2. The van der Waals surface area contributed by atoms with Crippen molar-refractivity contribution in [1.29, 1.82) is 0 Å². The molecule has 8 rings (SSSR count). The number of anilines is 2. The van der Waals surface area contributed by atoms with Gasteiger partial charge in [0.25, 0.3) is 11.8 Å². The van der Waals surface area contributed by atoms with Gasteiger partial charge >= 0.3 is 6.09 Å². The Morgan fingerprint density at radius 2 is 1.38 bits per heavy atom. The van der Waals surface area contributed by atoms with E-state index in [4.69, 9.17) is 23.7 Å². The largest absolute Gasteiger partial charge is 0.493 e. The van der Waals surface area contributed by atoms with E-state index in [0.29, 0.717) is 92.1 Å². The van der Waals surface area contributed by atoms with Crippen LogP contribution in [0.4, 0.5) is 21.9 Å². The van der Waals surface area contributed by atoms with Crippen LogP contribution in [0.15, 0.2) is 89.2 Å². The van der Waals surface area contributed by atoms with E-state index in [0.717, 1.165) is 22.5 Å². The molecule has 3 aromatic carbocycles. The highest BCUT2D eigenvalue weighted by Crippen LogP contribution is 2.43. The molecule has 22 heteroatoms. The number of unbranched alkanes of at least 4 members (excludes halogenated alkanes) is 4. The summed E-state index contributed by atoms with van der Waals surface area (Å²) >= 11 is 0. The average molecular weight is 1120 g/mol. The van der Waals surface area contributed by atoms with Crippen molar-refractivity contribution in [1.82, 2.24) is 25.3 Å². The van der Waals surface area contributed by atoms with Crippen molar-refractivity contribution in [2.75, 3.05) is 44.2 Å². The van der Waals surface area contributed by atoms with Crippen LogP contribution in [-0.2, 0) is 30.5 Å². The summed E-state index contributed by atoms with van der Waals surface area (Å²) in [6.07, 6.45) is 9.58. The van der Waals surface area contributed by atoms with Crippen LogP contribution in [0.25, 0.3) is 0 Å². The van der Waals surface area contributed by atoms with E-state index in [1.165, 1.54) is 55.2 Å². The minimum Gasteiger partial charge on any atom is -0.493 e. The maximum Gasteiger partial charge on any atom is 0.416 e. The maximum absolute atomic E-state index is 14.2. The Hall–Kier alpha value is -8.24. The molecule has 432 valence electrons. The third kappa shape index (κ3) is 13.9. The second kappa shape index (κ2) is 26.4. The summed E-state index contributed by atoms with van der Waals surface area (Å²) in [5.41, 5.74) is 3.97. The van der Waals surface area contributed by atoms with Crippen molar-refractivity contribution in [3.63, 3.8) is 0 Å². The molecule has 0 radical (unpaired) electrons. The van der Waals surface area contributed by atoms with Gasteiger partial charge in [0, 0.05) is 55.5 Å². The molecule has 5 aliphatic heterocycles. The lowest BCUT2D eigenvalue weighted by molar-refractivity contribution is -0.132. The van der Waals surface area contributed by atoms with E-state index < -0.39 is 54.4 Å². The molecule has 0 aromatic heterocycles. The topological polar surface area (TPSA) is 268 Å². The van der Waals surface area contributed by atoms with Crippen LogP contribution in [-0.4, -0.2) is 143 Å². The third-order valence-corrected chi connectivity index (χ3v) is 14.7. The molecule has 5 heterocycles. The Kier molecular flexibility index (Phi) is 19.2. The number of fused-ring (bicyclic) bond motifs is 4. The van der Waals surface area contributed by atoms with Gasteiger partial charge < -0.3 is 64.5 Å². The fourth-order valence-corrected chi connectivity index (χ4v) is 10.2. The van der Waals surface area contributed by atoms with E-state index in [1.807, 2.05) is 20.0 Å². The summed E-state index contributed by atoms with van der Waals surface area (Å²) in [5.74, 6) is -1.12. The number of nitrogens with one attached hydrogen (secondary N) is 3. The van der Waals surface area contributed by atoms with Crippen molar-refractivity contribution >= 4 is 64.8 Å². The molecule has 6 atom stereocenters. The van der Waals surface area contributed by atoms with Crippen LogP contribution >= 0.6 is 0 Å². The highest BCUT2D eigenvalue weighted by atomic mass is 16.6. The van der Waals surface area contributed by atoms with Gasteiger partial charge in [-0.15, -0.1) is 0 Å². The number of methoxy groups -OCH3 is 2. The fourth-order valence-electron chi connectivity index (χ4n) is 10.2. The van der Waals surface area contributed by atoms with E-state index in [-0.39, 0.29) is 72.1 Å². The minimum atomic E-state index is -1.51. The fraction of sp³-hybridized carbons (Fsp3) is 0.458. The van der Waals surface area contributed by atoms with Crippen LogP contribution in [0.3, 0.4) is 0 Å². The van der Waals surface area contributed by atoms with Crippen molar-refractivity contribution in [2.45, 2.75) is 136 Å². The molecule has 22 nitrogen and oxygen atoms in total. The second-order valence-electron chi connectivity index (χ2n) is 21.2. The minimum absolute atomic E-state index is 0.0661. The van der Waals surface area contributed by atoms with Crippen LogP contribution < -0.4 is 39.8 Å². The van der Waals surface area contributed by atoms with Crippen molar-refractivity contribution in [3.05, 3.63) is 101 Å². The standard InChI is InChI=1S/C59H72N8O14/c1-34(2)53(63-50(68)14-10-8-11-21-64-51(69)19-20-52(64)70)55(72)61-37(5)54(71)62-39-17-15-38(16-18-39)33-81-59(76)67-44-29-49(47(78-7)27-42(44)57(74)66-32-36(4)25-45(66)58(67)75)80-23-13-9-12-22-79-48-28-43-41(26-46(48)77-6)56(73)65-31-35(3)24-40(65)30-60-43/h15-20,26-32,34,37,40,45,51,53,58,69,75H,8-14,21-25,33H2,1-7H3,(H,61,72)(H,62,71)(H,63,68)/t37-,40-,45-,51?,53-,58-/m0/s1. The molecular weight excluding hydrogens is 1040 g/mol. The first kappa shape index (κ1) is 58.9. The second-order valence-corrected chi connectivity index (χ2v) is 21.2. The zero-order valence-electron chi connectivity index (χ0n) is 46.8. The summed E-state index contributed by atoms with van der Waals surface area (Å²) < 4.78 is 29.4. The van der Waals surface area contributed by atoms with E-state index >= 15 is 0 Å². The summed E-state index contributed by atoms with van der Waals surface area (Å²) in [6, 6.07) is 10.0. The summed E-state index contributed by atoms with van der Waals surface area (Å²) in [7, 11) is 2.97. The number of carbonyl (C=O) groups is 7. The lowest BCUT2D eigenvalue weighted by atomic mass is 10.0. The van der Waals surface area contributed by atoms with Gasteiger partial charge in [0.1, 0.15) is 24.9 Å². The Labute approximate surface area is 470 Å². The predicted molar refractivity (Wildman–Crippen MR) is 299 cm³/mol. The molecule has 0 saturated heterocycles. The smallest absolute Gasteiger partial charge is 0.416 e. The lowest BCUT2D eigenvalue weighted by Gasteiger charge is -2.31. The molecule has 5 N–H and O–H groups in total. The van der Waals surface area contributed by atoms with Gasteiger partial charge in [0.2, 0.25) is 23.6 Å². The van der Waals surface area contributed by atoms with Gasteiger partial charge in [0.05, 0.1) is 62.0 Å². The Balaban J connectivity index is 0.829. The summed E-state index contributed by atoms with van der Waals surface area (Å²) in [4.78, 5) is 103. The Morgan fingerprint density at radius 1 is 0.741 bits per heavy atom. The number of carbonyl (C=O) groups excluding carboxylic acids is 7. The van der Waals surface area contributed by atoms with E-state index in [2.05, 4.69) is 20.9 Å². The molecule has 0 saturated carbocycles. The molecule has 0 spiro atoms. The number of benzene rings is 3. The van der Waals surface area contributed by atoms with Gasteiger partial charge in [-0.1, -0.05) is 43.5 Å². The third-order valence-electron chi connectivity index (χ3n) is 14.7. The molecule has 1 unspecified atom stereocenters. The van der Waals surface area contributed by atoms with Crippen LogP contribution in [0.5, 0.6) is 23.0 Å². The van der Waals surface area contributed by atoms with Crippen molar-refractivity contribution in [3.8, 4) is 23.0 Å². The zero-order valence-corrected chi connectivity index (χ0v) is 46.8. The number of hydrogen-bond donors (Lipinski definition) is 5. The molecule has 0 fully saturated rings. The molecule has 5 aliphatic rings. The first-order valence-electron chi connectivity index (χ1n) is 27.4. The number of ether oxygens (including phenoxy) is 5. The van der Waals surface area contributed by atoms with Crippen molar-refractivity contribution < 1.29 is 67.5 Å². The van der Waals surface area contributed by atoms with E-state index in [9.17, 15) is 43.8 Å². The first-order valence-corrected chi connectivity index (χ1v) is 27.4. The molecule has 7 amide bonds. The number of aliphatic hydroxyl groups excluding tert-OH is 2. The highest BCUT2D eigenvalue weighted by molar-refractivity contribution is 6.07. The number of amides is 7. The quantitative estimate of drug-likeness (QED) is 0.0591. The van der Waals surface area contributed by atoms with Gasteiger partial charge in [0.15, 0.2) is 29.2 Å².